The van der Waals surface area contributed by atoms with Crippen molar-refractivity contribution >= 4 is 39.0 Å². The fraction of sp³-hybridized carbons (Fsp3) is 0.286. The third-order valence-corrected chi connectivity index (χ3v) is 6.03. The van der Waals surface area contributed by atoms with Gasteiger partial charge in [0.2, 0.25) is 0 Å². The van der Waals surface area contributed by atoms with Crippen LogP contribution in [0.3, 0.4) is 0 Å². The summed E-state index contributed by atoms with van der Waals surface area (Å²) in [7, 11) is 0. The van der Waals surface area contributed by atoms with Crippen LogP contribution in [0, 0.1) is 5.82 Å². The number of rotatable bonds is 3. The van der Waals surface area contributed by atoms with Gasteiger partial charge in [-0.15, -0.1) is 23.1 Å². The van der Waals surface area contributed by atoms with Crippen molar-refractivity contribution < 1.29 is 4.39 Å². The zero-order valence-electron chi connectivity index (χ0n) is 10.2. The molecule has 1 aromatic heterocycles. The van der Waals surface area contributed by atoms with Crippen molar-refractivity contribution in [2.45, 2.75) is 23.9 Å². The lowest BCUT2D eigenvalue weighted by Gasteiger charge is -2.26. The summed E-state index contributed by atoms with van der Waals surface area (Å²) in [6.45, 7) is 0.835. The van der Waals surface area contributed by atoms with E-state index in [1.807, 2.05) is 6.07 Å². The first-order chi connectivity index (χ1) is 9.24. The van der Waals surface area contributed by atoms with Crippen LogP contribution in [-0.2, 0) is 6.54 Å². The normalized spacial score (nSPS) is 18.3. The summed E-state index contributed by atoms with van der Waals surface area (Å²) >= 11 is 6.82. The first-order valence-corrected chi connectivity index (χ1v) is 8.77. The molecule has 0 saturated carbocycles. The summed E-state index contributed by atoms with van der Waals surface area (Å²) in [6, 6.07) is 7.77. The number of hydrogen-bond acceptors (Lipinski definition) is 3. The Morgan fingerprint density at radius 2 is 2.32 bits per heavy atom. The van der Waals surface area contributed by atoms with Gasteiger partial charge in [0.1, 0.15) is 5.82 Å². The lowest BCUT2D eigenvalue weighted by molar-refractivity contribution is 0.499. The van der Waals surface area contributed by atoms with E-state index in [2.05, 4.69) is 32.7 Å². The molecule has 2 aromatic rings. The molecule has 2 heterocycles. The highest BCUT2D eigenvalue weighted by Crippen LogP contribution is 2.37. The minimum atomic E-state index is -0.0899. The predicted octanol–water partition coefficient (Wildman–Crippen LogP) is 4.98. The fourth-order valence-electron chi connectivity index (χ4n) is 2.27. The van der Waals surface area contributed by atoms with Crippen molar-refractivity contribution in [1.29, 1.82) is 0 Å². The topological polar surface area (TPSA) is 12.0 Å². The molecule has 0 fully saturated rings. The van der Waals surface area contributed by atoms with Crippen LogP contribution < -0.4 is 5.32 Å². The molecule has 5 heteroatoms. The zero-order valence-corrected chi connectivity index (χ0v) is 13.4. The molecule has 1 aromatic carbocycles. The Morgan fingerprint density at radius 3 is 3.11 bits per heavy atom. The van der Waals surface area contributed by atoms with Gasteiger partial charge < -0.3 is 5.32 Å². The Labute approximate surface area is 128 Å². The number of fused-ring (bicyclic) bond motifs is 1. The molecule has 1 atom stereocenters. The standard InChI is InChI=1S/C14H13BrFNS2/c15-9-6-10(19-8-9)7-17-13-4-5-18-14-11(13)2-1-3-12(14)16/h1-3,6,8,13,17H,4-5,7H2. The number of thiophene rings is 1. The van der Waals surface area contributed by atoms with Crippen LogP contribution in [-0.4, -0.2) is 5.75 Å². The van der Waals surface area contributed by atoms with E-state index in [1.165, 1.54) is 4.88 Å². The first-order valence-electron chi connectivity index (χ1n) is 6.11. The molecule has 1 aliphatic heterocycles. The lowest BCUT2D eigenvalue weighted by Crippen LogP contribution is -2.24. The maximum absolute atomic E-state index is 13.8. The Kier molecular flexibility index (Phi) is 4.27. The van der Waals surface area contributed by atoms with Gasteiger partial charge in [-0.1, -0.05) is 12.1 Å². The predicted molar refractivity (Wildman–Crippen MR) is 83.3 cm³/mol. The molecule has 1 nitrogen and oxygen atoms in total. The van der Waals surface area contributed by atoms with Crippen LogP contribution in [0.15, 0.2) is 39.0 Å². The molecule has 0 amide bonds. The fourth-order valence-corrected chi connectivity index (χ4v) is 4.81. The number of halogens is 2. The van der Waals surface area contributed by atoms with E-state index in [9.17, 15) is 4.39 Å². The summed E-state index contributed by atoms with van der Waals surface area (Å²) in [5.74, 6) is 0.882. The van der Waals surface area contributed by atoms with Crippen molar-refractivity contribution in [1.82, 2.24) is 5.32 Å². The highest BCUT2D eigenvalue weighted by molar-refractivity contribution is 9.10. The second-order valence-electron chi connectivity index (χ2n) is 4.46. The maximum atomic E-state index is 13.8. The second kappa shape index (κ2) is 5.95. The summed E-state index contributed by atoms with van der Waals surface area (Å²) in [4.78, 5) is 2.11. The number of thioether (sulfide) groups is 1. The highest BCUT2D eigenvalue weighted by atomic mass is 79.9. The van der Waals surface area contributed by atoms with Crippen molar-refractivity contribution in [3.8, 4) is 0 Å². The molecule has 1 N–H and O–H groups in total. The van der Waals surface area contributed by atoms with E-state index in [4.69, 9.17) is 0 Å². The molecule has 0 aliphatic carbocycles. The average molecular weight is 358 g/mol. The van der Waals surface area contributed by atoms with Crippen LogP contribution in [0.25, 0.3) is 0 Å². The molecule has 1 unspecified atom stereocenters. The van der Waals surface area contributed by atoms with Gasteiger partial charge in [-0.3, -0.25) is 0 Å². The van der Waals surface area contributed by atoms with Gasteiger partial charge in [0.05, 0.1) is 0 Å². The van der Waals surface area contributed by atoms with Crippen molar-refractivity contribution in [2.75, 3.05) is 5.75 Å². The van der Waals surface area contributed by atoms with E-state index in [-0.39, 0.29) is 11.9 Å². The SMILES string of the molecule is Fc1cccc2c1SCCC2NCc1cc(Br)cs1. The van der Waals surface area contributed by atoms with Gasteiger partial charge in [-0.05, 0) is 45.8 Å². The summed E-state index contributed by atoms with van der Waals surface area (Å²) < 4.78 is 14.9. The Hall–Kier alpha value is -0.360. The minimum absolute atomic E-state index is 0.0899. The minimum Gasteiger partial charge on any atom is -0.305 e. The molecule has 19 heavy (non-hydrogen) atoms. The number of nitrogens with one attached hydrogen (secondary N) is 1. The van der Waals surface area contributed by atoms with Gasteiger partial charge in [0, 0.05) is 32.2 Å². The largest absolute Gasteiger partial charge is 0.305 e. The van der Waals surface area contributed by atoms with Gasteiger partial charge in [0.15, 0.2) is 0 Å². The first kappa shape index (κ1) is 13.6. The van der Waals surface area contributed by atoms with Crippen LogP contribution in [0.2, 0.25) is 0 Å². The van der Waals surface area contributed by atoms with Gasteiger partial charge in [-0.2, -0.15) is 0 Å². The van der Waals surface area contributed by atoms with E-state index < -0.39 is 0 Å². The van der Waals surface area contributed by atoms with Crippen LogP contribution in [0.5, 0.6) is 0 Å². The van der Waals surface area contributed by atoms with Gasteiger partial charge in [-0.25, -0.2) is 4.39 Å². The number of hydrogen-bond donors (Lipinski definition) is 1. The second-order valence-corrected chi connectivity index (χ2v) is 7.48. The van der Waals surface area contributed by atoms with Crippen LogP contribution >= 0.6 is 39.0 Å². The summed E-state index contributed by atoms with van der Waals surface area (Å²) in [5, 5.41) is 5.63. The maximum Gasteiger partial charge on any atom is 0.137 e. The van der Waals surface area contributed by atoms with Crippen molar-refractivity contribution in [2.24, 2.45) is 0 Å². The molecule has 100 valence electrons. The van der Waals surface area contributed by atoms with Crippen LogP contribution in [0.1, 0.15) is 22.9 Å². The van der Waals surface area contributed by atoms with Crippen LogP contribution in [0.4, 0.5) is 4.39 Å². The third kappa shape index (κ3) is 3.05. The smallest absolute Gasteiger partial charge is 0.137 e. The summed E-state index contributed by atoms with van der Waals surface area (Å²) in [6.07, 6.45) is 1.05. The highest BCUT2D eigenvalue weighted by Gasteiger charge is 2.22. The molecule has 0 radical (unpaired) electrons. The molecule has 0 spiro atoms. The lowest BCUT2D eigenvalue weighted by atomic mass is 10.0. The molecule has 0 saturated heterocycles. The van der Waals surface area contributed by atoms with Gasteiger partial charge in [0.25, 0.3) is 0 Å². The van der Waals surface area contributed by atoms with E-state index in [0.29, 0.717) is 0 Å². The molecular formula is C14H13BrFNS2. The third-order valence-electron chi connectivity index (χ3n) is 3.17. The monoisotopic (exact) mass is 357 g/mol. The van der Waals surface area contributed by atoms with E-state index >= 15 is 0 Å². The quantitative estimate of drug-likeness (QED) is 0.831. The Balaban J connectivity index is 1.75. The van der Waals surface area contributed by atoms with E-state index in [1.54, 1.807) is 35.2 Å². The summed E-state index contributed by atoms with van der Waals surface area (Å²) in [5.41, 5.74) is 1.10. The Bertz CT molecular complexity index is 585. The van der Waals surface area contributed by atoms with E-state index in [0.717, 1.165) is 33.7 Å². The van der Waals surface area contributed by atoms with Gasteiger partial charge >= 0.3 is 0 Å². The molecule has 1 aliphatic rings. The molecule has 0 bridgehead atoms. The van der Waals surface area contributed by atoms with Crippen molar-refractivity contribution in [3.63, 3.8) is 0 Å². The van der Waals surface area contributed by atoms with Crippen molar-refractivity contribution in [3.05, 3.63) is 50.4 Å². The average Bonchev–Trinajstić information content (AvgIpc) is 2.83. The molecular weight excluding hydrogens is 345 g/mol. The molecule has 3 rings (SSSR count). The Morgan fingerprint density at radius 1 is 1.42 bits per heavy atom. The number of benzene rings is 1. The zero-order chi connectivity index (χ0) is 13.2.